The summed E-state index contributed by atoms with van der Waals surface area (Å²) in [6.07, 6.45) is 8.47. The van der Waals surface area contributed by atoms with Crippen LogP contribution in [-0.4, -0.2) is 41.5 Å². The lowest BCUT2D eigenvalue weighted by atomic mass is 9.92. The third-order valence-corrected chi connectivity index (χ3v) is 7.84. The number of fused-ring (bicyclic) bond motifs is 3. The van der Waals surface area contributed by atoms with E-state index in [0.717, 1.165) is 18.9 Å². The van der Waals surface area contributed by atoms with E-state index >= 15 is 0 Å². The van der Waals surface area contributed by atoms with Crippen LogP contribution in [-0.2, 0) is 0 Å². The van der Waals surface area contributed by atoms with E-state index in [1.807, 2.05) is 17.8 Å². The van der Waals surface area contributed by atoms with Crippen molar-refractivity contribution in [1.29, 1.82) is 0 Å². The lowest BCUT2D eigenvalue weighted by Gasteiger charge is -2.15. The van der Waals surface area contributed by atoms with Gasteiger partial charge in [-0.2, -0.15) is 0 Å². The van der Waals surface area contributed by atoms with Crippen LogP contribution in [0.2, 0.25) is 0 Å². The van der Waals surface area contributed by atoms with Crippen molar-refractivity contribution in [3.63, 3.8) is 0 Å². The van der Waals surface area contributed by atoms with Gasteiger partial charge >= 0.3 is 0 Å². The maximum Gasteiger partial charge on any atom is 0.119 e. The molecule has 1 unspecified atom stereocenters. The Balaban J connectivity index is 0.00000216. The molecule has 0 aromatic heterocycles. The molecule has 1 saturated heterocycles. The van der Waals surface area contributed by atoms with Gasteiger partial charge in [0.05, 0.1) is 5.25 Å². The molecule has 1 atom stereocenters. The maximum absolute atomic E-state index is 9.97. The summed E-state index contributed by atoms with van der Waals surface area (Å²) in [5.41, 5.74) is 5.11. The Morgan fingerprint density at radius 2 is 1.69 bits per heavy atom. The molecule has 0 amide bonds. The van der Waals surface area contributed by atoms with Crippen molar-refractivity contribution in [1.82, 2.24) is 4.90 Å². The summed E-state index contributed by atoms with van der Waals surface area (Å²) in [6, 6.07) is 17.2. The number of hydrogen-bond donors (Lipinski definition) is 1. The number of nitrogens with zero attached hydrogens (tertiary/aromatic N) is 1. The van der Waals surface area contributed by atoms with Gasteiger partial charge < -0.3 is 9.84 Å². The first-order chi connectivity index (χ1) is 15.3. The van der Waals surface area contributed by atoms with E-state index in [9.17, 15) is 5.11 Å². The summed E-state index contributed by atoms with van der Waals surface area (Å²) in [6.45, 7) is 4.16. The van der Waals surface area contributed by atoms with Gasteiger partial charge in [0.15, 0.2) is 0 Å². The average Bonchev–Trinajstić information content (AvgIpc) is 3.50. The van der Waals surface area contributed by atoms with E-state index in [1.165, 1.54) is 63.6 Å². The molecule has 2 heterocycles. The number of rotatable bonds is 5. The highest BCUT2D eigenvalue weighted by molar-refractivity contribution is 8.09. The number of allylic oxidation sites excluding steroid dienone is 2. The molecule has 1 fully saturated rings. The number of benzene rings is 2. The highest BCUT2D eigenvalue weighted by atomic mass is 35.5. The van der Waals surface area contributed by atoms with Crippen molar-refractivity contribution in [2.24, 2.45) is 0 Å². The van der Waals surface area contributed by atoms with E-state index in [1.54, 1.807) is 6.08 Å². The van der Waals surface area contributed by atoms with Gasteiger partial charge in [-0.3, -0.25) is 4.90 Å². The maximum atomic E-state index is 9.97. The summed E-state index contributed by atoms with van der Waals surface area (Å²) in [7, 11) is 0. The second-order valence-corrected chi connectivity index (χ2v) is 9.62. The Morgan fingerprint density at radius 3 is 2.47 bits per heavy atom. The fourth-order valence-corrected chi connectivity index (χ4v) is 6.44. The largest absolute Gasteiger partial charge is 0.508 e. The van der Waals surface area contributed by atoms with Gasteiger partial charge in [-0.05, 0) is 77.4 Å². The zero-order chi connectivity index (χ0) is 20.8. The number of aliphatic hydroxyl groups excluding tert-OH is 1. The van der Waals surface area contributed by atoms with E-state index in [2.05, 4.69) is 59.5 Å². The minimum atomic E-state index is 0. The third kappa shape index (κ3) is 3.71. The molecule has 2 aliphatic heterocycles. The Kier molecular flexibility index (Phi) is 5.93. The van der Waals surface area contributed by atoms with Crippen LogP contribution in [0.1, 0.15) is 18.4 Å². The second kappa shape index (κ2) is 8.86. The molecule has 6 rings (SSSR count). The Morgan fingerprint density at radius 1 is 0.938 bits per heavy atom. The van der Waals surface area contributed by atoms with Gasteiger partial charge in [0.1, 0.15) is 18.1 Å². The molecule has 3 nitrogen and oxygen atoms in total. The van der Waals surface area contributed by atoms with Gasteiger partial charge in [0.25, 0.3) is 0 Å². The minimum absolute atomic E-state index is 0. The van der Waals surface area contributed by atoms with Crippen LogP contribution in [0.3, 0.4) is 0 Å². The summed E-state index contributed by atoms with van der Waals surface area (Å²) >= 11 is 1.84. The molecule has 32 heavy (non-hydrogen) atoms. The lowest BCUT2D eigenvalue weighted by Crippen LogP contribution is -2.25. The van der Waals surface area contributed by atoms with E-state index in [-0.39, 0.29) is 17.7 Å². The van der Waals surface area contributed by atoms with Crippen LogP contribution in [0, 0.1) is 0 Å². The van der Waals surface area contributed by atoms with Crippen LogP contribution in [0.4, 0.5) is 0 Å². The molecule has 1 N–H and O–H groups in total. The quantitative estimate of drug-likeness (QED) is 0.715. The fourth-order valence-electron chi connectivity index (χ4n) is 5.02. The molecule has 0 radical (unpaired) electrons. The van der Waals surface area contributed by atoms with Gasteiger partial charge in [-0.1, -0.05) is 42.5 Å². The molecule has 2 aromatic carbocycles. The highest BCUT2D eigenvalue weighted by Crippen LogP contribution is 2.50. The van der Waals surface area contributed by atoms with Crippen LogP contribution in [0.15, 0.2) is 83.7 Å². The minimum Gasteiger partial charge on any atom is -0.508 e. The molecule has 4 aliphatic rings. The van der Waals surface area contributed by atoms with Crippen molar-refractivity contribution in [2.75, 3.05) is 26.2 Å². The second-order valence-electron chi connectivity index (χ2n) is 8.46. The first kappa shape index (κ1) is 21.4. The van der Waals surface area contributed by atoms with Crippen molar-refractivity contribution >= 4 is 34.6 Å². The lowest BCUT2D eigenvalue weighted by molar-refractivity contribution is 0.238. The van der Waals surface area contributed by atoms with Crippen LogP contribution >= 0.6 is 24.2 Å². The summed E-state index contributed by atoms with van der Waals surface area (Å²) < 4.78 is 6.02. The third-order valence-electron chi connectivity index (χ3n) is 6.53. The average molecular weight is 464 g/mol. The standard InChI is InChI=1S/C27H25NO2S.ClH/c29-19-9-12-23-24(17-19)31-27-22-6-2-1-5-21(22)25(26(23)27)18-7-10-20(11-8-18)30-16-15-28-13-3-4-14-28;/h1-2,5-12,17,24,29H,3-4,13-16H2;1H. The number of halogens is 1. The molecule has 2 aromatic rings. The Hall–Kier alpha value is -2.40. The molecule has 0 saturated carbocycles. The Bertz CT molecular complexity index is 1250. The van der Waals surface area contributed by atoms with Gasteiger partial charge in [-0.25, -0.2) is 0 Å². The molecule has 2 aliphatic carbocycles. The predicted octanol–water partition coefficient (Wildman–Crippen LogP) is 4.33. The van der Waals surface area contributed by atoms with Crippen LogP contribution in [0.25, 0.3) is 10.5 Å². The van der Waals surface area contributed by atoms with Gasteiger partial charge in [0, 0.05) is 17.0 Å². The monoisotopic (exact) mass is 463 g/mol. The fraction of sp³-hybridized carbons (Fsp3) is 0.259. The summed E-state index contributed by atoms with van der Waals surface area (Å²) in [5.74, 6) is 1.29. The van der Waals surface area contributed by atoms with Crippen LogP contribution in [0.5, 0.6) is 5.75 Å². The SMILES string of the molecule is Cl.OC1=CC2SC3=c4ccccc4=C(c4ccc(OCCN5CCCC5)cc4)C3=C2C=C1. The van der Waals surface area contributed by atoms with Crippen LogP contribution < -0.4 is 15.2 Å². The van der Waals surface area contributed by atoms with E-state index in [0.29, 0.717) is 5.76 Å². The van der Waals surface area contributed by atoms with Crippen molar-refractivity contribution in [2.45, 2.75) is 18.1 Å². The zero-order valence-electron chi connectivity index (χ0n) is 17.8. The number of thioether (sulfide) groups is 1. The van der Waals surface area contributed by atoms with Crippen molar-refractivity contribution in [3.8, 4) is 5.75 Å². The zero-order valence-corrected chi connectivity index (χ0v) is 19.4. The van der Waals surface area contributed by atoms with E-state index < -0.39 is 0 Å². The first-order valence-electron chi connectivity index (χ1n) is 11.1. The predicted molar refractivity (Wildman–Crippen MR) is 135 cm³/mol. The number of aliphatic hydroxyl groups is 1. The number of likely N-dealkylation sites (tertiary alicyclic amines) is 1. The topological polar surface area (TPSA) is 32.7 Å². The molecular weight excluding hydrogens is 438 g/mol. The Labute approximate surface area is 198 Å². The van der Waals surface area contributed by atoms with Gasteiger partial charge in [0.2, 0.25) is 0 Å². The van der Waals surface area contributed by atoms with Crippen molar-refractivity contribution in [3.05, 3.63) is 99.7 Å². The first-order valence-corrected chi connectivity index (χ1v) is 12.0. The summed E-state index contributed by atoms with van der Waals surface area (Å²) in [5, 5.41) is 12.8. The molecule has 0 spiro atoms. The molecule has 0 bridgehead atoms. The van der Waals surface area contributed by atoms with Crippen molar-refractivity contribution < 1.29 is 9.84 Å². The number of hydrogen-bond acceptors (Lipinski definition) is 4. The molecule has 164 valence electrons. The summed E-state index contributed by atoms with van der Waals surface area (Å²) in [4.78, 5) is 3.80. The molecule has 5 heteroatoms. The normalized spacial score (nSPS) is 21.2. The van der Waals surface area contributed by atoms with Gasteiger partial charge in [-0.15, -0.1) is 24.2 Å². The molecular formula is C27H26ClNO2S. The number of ether oxygens (including phenoxy) is 1. The highest BCUT2D eigenvalue weighted by Gasteiger charge is 2.35. The smallest absolute Gasteiger partial charge is 0.119 e. The van der Waals surface area contributed by atoms with E-state index in [4.69, 9.17) is 4.74 Å².